The van der Waals surface area contributed by atoms with E-state index in [2.05, 4.69) is 41.3 Å². The van der Waals surface area contributed by atoms with Gasteiger partial charge in [-0.1, -0.05) is 6.92 Å². The van der Waals surface area contributed by atoms with E-state index in [0.29, 0.717) is 24.5 Å². The van der Waals surface area contributed by atoms with Crippen LogP contribution in [-0.4, -0.2) is 73.5 Å². The van der Waals surface area contributed by atoms with E-state index in [9.17, 15) is 4.79 Å². The predicted octanol–water partition coefficient (Wildman–Crippen LogP) is 1.12. The topological polar surface area (TPSA) is 60.0 Å². The maximum absolute atomic E-state index is 12.1. The number of rotatable bonds is 4. The molecule has 0 aromatic carbocycles. The molecule has 0 aromatic rings. The lowest BCUT2D eigenvalue weighted by molar-refractivity contribution is -0.128. The quantitative estimate of drug-likeness (QED) is 0.393. The first kappa shape index (κ1) is 20.5. The molecule has 7 heteroatoms. The third-order valence-corrected chi connectivity index (χ3v) is 4.78. The van der Waals surface area contributed by atoms with E-state index >= 15 is 0 Å². The molecule has 2 saturated heterocycles. The second kappa shape index (κ2) is 9.66. The highest BCUT2D eigenvalue weighted by Crippen LogP contribution is 2.18. The molecule has 134 valence electrons. The smallest absolute Gasteiger partial charge is 0.241 e. The molecule has 2 fully saturated rings. The third kappa shape index (κ3) is 5.77. The summed E-state index contributed by atoms with van der Waals surface area (Å²) in [6.45, 7) is 11.0. The summed E-state index contributed by atoms with van der Waals surface area (Å²) >= 11 is 0. The van der Waals surface area contributed by atoms with Gasteiger partial charge in [-0.15, -0.1) is 24.0 Å². The van der Waals surface area contributed by atoms with E-state index < -0.39 is 0 Å². The van der Waals surface area contributed by atoms with Crippen molar-refractivity contribution in [3.8, 4) is 0 Å². The zero-order chi connectivity index (χ0) is 16.1. The van der Waals surface area contributed by atoms with Crippen molar-refractivity contribution in [2.24, 2.45) is 10.9 Å². The first-order valence-corrected chi connectivity index (χ1v) is 8.50. The molecule has 0 aromatic heterocycles. The molecule has 0 saturated carbocycles. The first-order valence-electron chi connectivity index (χ1n) is 8.50. The van der Waals surface area contributed by atoms with E-state index in [1.807, 2.05) is 4.90 Å². The van der Waals surface area contributed by atoms with Crippen LogP contribution < -0.4 is 10.6 Å². The molecule has 2 aliphatic heterocycles. The average molecular weight is 437 g/mol. The zero-order valence-electron chi connectivity index (χ0n) is 14.8. The Morgan fingerprint density at radius 2 is 1.91 bits per heavy atom. The molecule has 6 nitrogen and oxygen atoms in total. The lowest BCUT2D eigenvalue weighted by Gasteiger charge is -2.22. The van der Waals surface area contributed by atoms with E-state index in [4.69, 9.17) is 0 Å². The minimum atomic E-state index is 0. The molecule has 2 atom stereocenters. The highest BCUT2D eigenvalue weighted by Gasteiger charge is 2.31. The summed E-state index contributed by atoms with van der Waals surface area (Å²) in [6.07, 6.45) is 2.26. The number of nitrogens with one attached hydrogen (secondary N) is 2. The fraction of sp³-hybridized carbons (Fsp3) is 0.875. The largest absolute Gasteiger partial charge is 0.352 e. The summed E-state index contributed by atoms with van der Waals surface area (Å²) in [5, 5.41) is 6.64. The number of amides is 1. The van der Waals surface area contributed by atoms with Crippen molar-refractivity contribution in [1.82, 2.24) is 20.4 Å². The van der Waals surface area contributed by atoms with Crippen LogP contribution in [0, 0.1) is 5.92 Å². The molecule has 2 aliphatic rings. The molecule has 0 aliphatic carbocycles. The van der Waals surface area contributed by atoms with Crippen LogP contribution >= 0.6 is 24.0 Å². The summed E-state index contributed by atoms with van der Waals surface area (Å²) in [4.78, 5) is 20.7. The van der Waals surface area contributed by atoms with E-state index in [1.165, 1.54) is 0 Å². The summed E-state index contributed by atoms with van der Waals surface area (Å²) in [5.41, 5.74) is 0. The van der Waals surface area contributed by atoms with Crippen molar-refractivity contribution in [3.63, 3.8) is 0 Å². The van der Waals surface area contributed by atoms with Gasteiger partial charge < -0.3 is 15.5 Å². The van der Waals surface area contributed by atoms with Crippen molar-refractivity contribution >= 4 is 35.8 Å². The van der Waals surface area contributed by atoms with Crippen LogP contribution in [0.5, 0.6) is 0 Å². The fourth-order valence-electron chi connectivity index (χ4n) is 3.22. The number of carbonyl (C=O) groups excluding carboxylic acids is 1. The van der Waals surface area contributed by atoms with Crippen molar-refractivity contribution in [2.75, 3.05) is 39.8 Å². The first-order chi connectivity index (χ1) is 10.5. The minimum Gasteiger partial charge on any atom is -0.352 e. The molecular weight excluding hydrogens is 405 g/mol. The Morgan fingerprint density at radius 1 is 1.26 bits per heavy atom. The Bertz CT molecular complexity index is 409. The standard InChI is InChI=1S/C16H31N5O.HI/c1-12(2)21-10-13(3)14(11-21)19-16(17-4)18-9-15(22)20-7-5-6-8-20;/h12-14H,5-11H2,1-4H3,(H2,17,18,19);1H. The molecule has 0 spiro atoms. The number of hydrogen-bond acceptors (Lipinski definition) is 3. The van der Waals surface area contributed by atoms with E-state index in [0.717, 1.165) is 45.0 Å². The van der Waals surface area contributed by atoms with Crippen LogP contribution in [0.1, 0.15) is 33.6 Å². The number of halogens is 1. The fourth-order valence-corrected chi connectivity index (χ4v) is 3.22. The molecular formula is C16H32IN5O. The van der Waals surface area contributed by atoms with Crippen LogP contribution in [0.15, 0.2) is 4.99 Å². The molecule has 2 N–H and O–H groups in total. The van der Waals surface area contributed by atoms with Crippen LogP contribution in [0.2, 0.25) is 0 Å². The zero-order valence-corrected chi connectivity index (χ0v) is 17.2. The molecule has 0 bridgehead atoms. The van der Waals surface area contributed by atoms with Gasteiger partial charge in [0.15, 0.2) is 5.96 Å². The van der Waals surface area contributed by atoms with Crippen molar-refractivity contribution in [2.45, 2.75) is 45.7 Å². The van der Waals surface area contributed by atoms with Crippen LogP contribution in [0.4, 0.5) is 0 Å². The van der Waals surface area contributed by atoms with Gasteiger partial charge in [0.25, 0.3) is 0 Å². The molecule has 1 amide bonds. The second-order valence-corrected chi connectivity index (χ2v) is 6.79. The van der Waals surface area contributed by atoms with Gasteiger partial charge in [0.05, 0.1) is 6.54 Å². The molecule has 23 heavy (non-hydrogen) atoms. The number of guanidine groups is 1. The van der Waals surface area contributed by atoms with Gasteiger partial charge in [-0.2, -0.15) is 0 Å². The third-order valence-electron chi connectivity index (χ3n) is 4.78. The molecule has 2 heterocycles. The van der Waals surface area contributed by atoms with Gasteiger partial charge in [-0.3, -0.25) is 14.7 Å². The Kier molecular flexibility index (Phi) is 8.60. The van der Waals surface area contributed by atoms with Gasteiger partial charge in [0.2, 0.25) is 5.91 Å². The summed E-state index contributed by atoms with van der Waals surface area (Å²) in [5.74, 6) is 1.48. The maximum atomic E-state index is 12.1. The van der Waals surface area contributed by atoms with Crippen molar-refractivity contribution < 1.29 is 4.79 Å². The van der Waals surface area contributed by atoms with Gasteiger partial charge in [-0.05, 0) is 32.6 Å². The number of likely N-dealkylation sites (tertiary alicyclic amines) is 2. The van der Waals surface area contributed by atoms with Crippen molar-refractivity contribution in [1.29, 1.82) is 0 Å². The maximum Gasteiger partial charge on any atom is 0.241 e. The van der Waals surface area contributed by atoms with Crippen LogP contribution in [0.3, 0.4) is 0 Å². The van der Waals surface area contributed by atoms with Crippen LogP contribution in [-0.2, 0) is 4.79 Å². The minimum absolute atomic E-state index is 0. The van der Waals surface area contributed by atoms with Gasteiger partial charge >= 0.3 is 0 Å². The lowest BCUT2D eigenvalue weighted by atomic mass is 10.1. The number of hydrogen-bond donors (Lipinski definition) is 2. The Hall–Kier alpha value is -0.570. The Labute approximate surface area is 157 Å². The van der Waals surface area contributed by atoms with E-state index in [1.54, 1.807) is 7.05 Å². The Morgan fingerprint density at radius 3 is 2.43 bits per heavy atom. The highest BCUT2D eigenvalue weighted by atomic mass is 127. The molecule has 2 unspecified atom stereocenters. The Balaban J connectivity index is 0.00000264. The predicted molar refractivity (Wildman–Crippen MR) is 105 cm³/mol. The second-order valence-electron chi connectivity index (χ2n) is 6.79. The summed E-state index contributed by atoms with van der Waals surface area (Å²) in [6, 6.07) is 0.955. The number of carbonyl (C=O) groups is 1. The summed E-state index contributed by atoms with van der Waals surface area (Å²) in [7, 11) is 1.76. The van der Waals surface area contributed by atoms with E-state index in [-0.39, 0.29) is 29.9 Å². The number of aliphatic imine (C=N–C) groups is 1. The van der Waals surface area contributed by atoms with Gasteiger partial charge in [-0.25, -0.2) is 0 Å². The highest BCUT2D eigenvalue weighted by molar-refractivity contribution is 14.0. The van der Waals surface area contributed by atoms with Crippen LogP contribution in [0.25, 0.3) is 0 Å². The number of nitrogens with zero attached hydrogens (tertiary/aromatic N) is 3. The van der Waals surface area contributed by atoms with Crippen molar-refractivity contribution in [3.05, 3.63) is 0 Å². The molecule has 2 rings (SSSR count). The normalized spacial score (nSPS) is 25.6. The van der Waals surface area contributed by atoms with Gasteiger partial charge in [0.1, 0.15) is 0 Å². The average Bonchev–Trinajstić information content (AvgIpc) is 3.13. The lowest BCUT2D eigenvalue weighted by Crippen LogP contribution is -2.49. The SMILES string of the molecule is CN=C(NCC(=O)N1CCCC1)NC1CN(C(C)C)CC1C.I. The summed E-state index contributed by atoms with van der Waals surface area (Å²) < 4.78 is 0. The molecule has 0 radical (unpaired) electrons. The van der Waals surface area contributed by atoms with Gasteiger partial charge in [0, 0.05) is 45.3 Å². The monoisotopic (exact) mass is 437 g/mol.